The van der Waals surface area contributed by atoms with E-state index in [1.54, 1.807) is 0 Å². The molecule has 0 fully saturated rings. The van der Waals surface area contributed by atoms with Crippen LogP contribution in [0.1, 0.15) is 33.1 Å². The van der Waals surface area contributed by atoms with Gasteiger partial charge in [0, 0.05) is 44.4 Å². The minimum atomic E-state index is -0.124. The minimum absolute atomic E-state index is 0.124. The number of aromatic nitrogens is 4. The van der Waals surface area contributed by atoms with Crippen LogP contribution in [-0.4, -0.2) is 37.1 Å². The van der Waals surface area contributed by atoms with Gasteiger partial charge in [-0.05, 0) is 17.7 Å². The van der Waals surface area contributed by atoms with Crippen molar-refractivity contribution in [3.05, 3.63) is 82.9 Å². The van der Waals surface area contributed by atoms with Gasteiger partial charge in [-0.25, -0.2) is 4.98 Å². The molecule has 0 spiro atoms. The Hall–Kier alpha value is -3.45. The maximum atomic E-state index is 12.9. The predicted molar refractivity (Wildman–Crippen MR) is 115 cm³/mol. The van der Waals surface area contributed by atoms with E-state index in [9.17, 15) is 4.79 Å². The molecule has 0 saturated carbocycles. The lowest BCUT2D eigenvalue weighted by Crippen LogP contribution is -2.32. The molecule has 30 heavy (non-hydrogen) atoms. The van der Waals surface area contributed by atoms with Crippen molar-refractivity contribution < 1.29 is 4.79 Å². The fourth-order valence-electron chi connectivity index (χ4n) is 4.12. The Labute approximate surface area is 174 Å². The number of aromatic amines is 1. The van der Waals surface area contributed by atoms with Crippen LogP contribution >= 0.6 is 0 Å². The summed E-state index contributed by atoms with van der Waals surface area (Å²) < 4.78 is 1.85. The topological polar surface area (TPSA) is 78.8 Å². The first-order valence-electron chi connectivity index (χ1n) is 10.2. The van der Waals surface area contributed by atoms with E-state index in [1.165, 1.54) is 0 Å². The number of hydrogen-bond donors (Lipinski definition) is 2. The second kappa shape index (κ2) is 7.76. The number of rotatable bonds is 5. The normalized spacial score (nSPS) is 14.0. The molecule has 7 nitrogen and oxygen atoms in total. The highest BCUT2D eigenvalue weighted by atomic mass is 16.1. The first-order chi connectivity index (χ1) is 14.7. The molecule has 3 heterocycles. The van der Waals surface area contributed by atoms with Crippen LogP contribution in [0.3, 0.4) is 0 Å². The van der Waals surface area contributed by atoms with Crippen LogP contribution < -0.4 is 5.32 Å². The molecular formula is C23H24N6O. The van der Waals surface area contributed by atoms with Gasteiger partial charge in [0.05, 0.1) is 17.6 Å². The van der Waals surface area contributed by atoms with Gasteiger partial charge in [-0.2, -0.15) is 5.10 Å². The van der Waals surface area contributed by atoms with Crippen molar-refractivity contribution in [2.45, 2.75) is 26.1 Å². The van der Waals surface area contributed by atoms with Crippen molar-refractivity contribution in [2.75, 3.05) is 6.54 Å². The Morgan fingerprint density at radius 2 is 1.93 bits per heavy atom. The zero-order valence-corrected chi connectivity index (χ0v) is 16.9. The third-order valence-corrected chi connectivity index (χ3v) is 5.64. The van der Waals surface area contributed by atoms with E-state index < -0.39 is 0 Å². The average Bonchev–Trinajstić information content (AvgIpc) is 3.33. The van der Waals surface area contributed by atoms with Crippen LogP contribution in [0.25, 0.3) is 11.0 Å². The number of aryl methyl sites for hydroxylation is 1. The van der Waals surface area contributed by atoms with Crippen LogP contribution in [0.5, 0.6) is 0 Å². The van der Waals surface area contributed by atoms with E-state index in [2.05, 4.69) is 20.3 Å². The van der Waals surface area contributed by atoms with Crippen molar-refractivity contribution in [3.8, 4) is 0 Å². The van der Waals surface area contributed by atoms with Crippen molar-refractivity contribution in [1.82, 2.24) is 30.0 Å². The monoisotopic (exact) mass is 400 g/mol. The van der Waals surface area contributed by atoms with E-state index in [0.29, 0.717) is 25.3 Å². The molecule has 0 aliphatic carbocycles. The number of amides is 1. The number of imidazole rings is 1. The zero-order chi connectivity index (χ0) is 20.5. The first-order valence-corrected chi connectivity index (χ1v) is 10.2. The smallest absolute Gasteiger partial charge is 0.272 e. The fourth-order valence-corrected chi connectivity index (χ4v) is 4.12. The summed E-state index contributed by atoms with van der Waals surface area (Å²) >= 11 is 0. The molecule has 152 valence electrons. The van der Waals surface area contributed by atoms with Gasteiger partial charge in [0.25, 0.3) is 5.91 Å². The van der Waals surface area contributed by atoms with Crippen LogP contribution in [0, 0.1) is 0 Å². The summed E-state index contributed by atoms with van der Waals surface area (Å²) in [7, 11) is 1.92. The Kier molecular flexibility index (Phi) is 4.80. The van der Waals surface area contributed by atoms with Crippen molar-refractivity contribution in [2.24, 2.45) is 7.05 Å². The Balaban J connectivity index is 1.32. The van der Waals surface area contributed by atoms with Crippen LogP contribution in [-0.2, 0) is 33.1 Å². The molecular weight excluding hydrogens is 376 g/mol. The summed E-state index contributed by atoms with van der Waals surface area (Å²) in [4.78, 5) is 23.3. The first kappa shape index (κ1) is 18.6. The van der Waals surface area contributed by atoms with E-state index >= 15 is 0 Å². The van der Waals surface area contributed by atoms with Crippen LogP contribution in [0.15, 0.2) is 54.6 Å². The molecule has 5 rings (SSSR count). The quantitative estimate of drug-likeness (QED) is 0.540. The van der Waals surface area contributed by atoms with Crippen molar-refractivity contribution >= 4 is 16.9 Å². The van der Waals surface area contributed by atoms with E-state index in [1.807, 2.05) is 66.3 Å². The van der Waals surface area contributed by atoms with Crippen LogP contribution in [0.2, 0.25) is 0 Å². The molecule has 0 radical (unpaired) electrons. The summed E-state index contributed by atoms with van der Waals surface area (Å²) in [6.45, 7) is 2.81. The Morgan fingerprint density at radius 3 is 2.77 bits per heavy atom. The Morgan fingerprint density at radius 1 is 1.13 bits per heavy atom. The van der Waals surface area contributed by atoms with Gasteiger partial charge in [0.2, 0.25) is 0 Å². The van der Waals surface area contributed by atoms with Gasteiger partial charge in [0.15, 0.2) is 5.69 Å². The van der Waals surface area contributed by atoms with Gasteiger partial charge in [-0.15, -0.1) is 0 Å². The van der Waals surface area contributed by atoms with Gasteiger partial charge in [-0.1, -0.05) is 42.5 Å². The number of H-pyrrole nitrogens is 1. The van der Waals surface area contributed by atoms with Gasteiger partial charge >= 0.3 is 0 Å². The second-order valence-electron chi connectivity index (χ2n) is 7.73. The number of carbonyl (C=O) groups excluding carboxylic acids is 1. The number of nitrogens with zero attached hydrogens (tertiary/aromatic N) is 4. The second-order valence-corrected chi connectivity index (χ2v) is 7.73. The number of carbonyl (C=O) groups is 1. The molecule has 4 aromatic rings. The molecule has 1 amide bonds. The van der Waals surface area contributed by atoms with Gasteiger partial charge in [0.1, 0.15) is 5.82 Å². The summed E-state index contributed by atoms with van der Waals surface area (Å²) in [5, 5.41) is 7.54. The lowest BCUT2D eigenvalue weighted by molar-refractivity contribution is 0.0942. The highest BCUT2D eigenvalue weighted by Gasteiger charge is 2.27. The number of hydrogen-bond acceptors (Lipinski definition) is 4. The molecule has 1 aliphatic heterocycles. The molecule has 0 atom stereocenters. The summed E-state index contributed by atoms with van der Waals surface area (Å²) in [5.41, 5.74) is 5.78. The lowest BCUT2D eigenvalue weighted by atomic mass is 10.0. The molecule has 0 saturated heterocycles. The van der Waals surface area contributed by atoms with E-state index in [-0.39, 0.29) is 5.91 Å². The SMILES string of the molecule is Cn1nc(C(=O)NCc2ccccc2)c2c1CCN(Cc1nc3ccccc3[nH]1)C2. The molecule has 7 heteroatoms. The molecule has 0 bridgehead atoms. The van der Waals surface area contributed by atoms with Gasteiger partial charge in [-0.3, -0.25) is 14.4 Å². The Bertz CT molecular complexity index is 1160. The molecule has 2 aromatic carbocycles. The highest BCUT2D eigenvalue weighted by molar-refractivity contribution is 5.94. The molecule has 1 aliphatic rings. The van der Waals surface area contributed by atoms with Gasteiger partial charge < -0.3 is 10.3 Å². The van der Waals surface area contributed by atoms with Crippen molar-refractivity contribution in [1.29, 1.82) is 0 Å². The predicted octanol–water partition coefficient (Wildman–Crippen LogP) is 2.78. The maximum Gasteiger partial charge on any atom is 0.272 e. The maximum absolute atomic E-state index is 12.9. The lowest BCUT2D eigenvalue weighted by Gasteiger charge is -2.26. The minimum Gasteiger partial charge on any atom is -0.347 e. The molecule has 0 unspecified atom stereocenters. The van der Waals surface area contributed by atoms with Crippen LogP contribution in [0.4, 0.5) is 0 Å². The third kappa shape index (κ3) is 3.59. The number of para-hydroxylation sites is 2. The summed E-state index contributed by atoms with van der Waals surface area (Å²) in [6, 6.07) is 18.0. The van der Waals surface area contributed by atoms with E-state index in [4.69, 9.17) is 4.98 Å². The summed E-state index contributed by atoms with van der Waals surface area (Å²) in [5.74, 6) is 0.819. The summed E-state index contributed by atoms with van der Waals surface area (Å²) in [6.07, 6.45) is 0.866. The van der Waals surface area contributed by atoms with E-state index in [0.717, 1.165) is 46.6 Å². The largest absolute Gasteiger partial charge is 0.347 e. The zero-order valence-electron chi connectivity index (χ0n) is 16.9. The third-order valence-electron chi connectivity index (χ3n) is 5.64. The molecule has 2 N–H and O–H groups in total. The number of nitrogens with one attached hydrogen (secondary N) is 2. The average molecular weight is 400 g/mol. The number of fused-ring (bicyclic) bond motifs is 2. The van der Waals surface area contributed by atoms with Crippen molar-refractivity contribution in [3.63, 3.8) is 0 Å². The highest BCUT2D eigenvalue weighted by Crippen LogP contribution is 2.24. The standard InChI is InChI=1S/C23H24N6O/c1-28-20-11-12-29(15-21-25-18-9-5-6-10-19(18)26-21)14-17(20)22(27-28)23(30)24-13-16-7-3-2-4-8-16/h2-10H,11-15H2,1H3,(H,24,30)(H,25,26). The number of benzene rings is 2. The molecule has 2 aromatic heterocycles. The fraction of sp³-hybridized carbons (Fsp3) is 0.261.